The van der Waals surface area contributed by atoms with Gasteiger partial charge in [-0.25, -0.2) is 22.0 Å². The normalized spacial score (nSPS) is 12.2. The van der Waals surface area contributed by atoms with Crippen LogP contribution in [0, 0.1) is 29.1 Å². The fraction of sp³-hybridized carbons (Fsp3) is 0.273. The Balaban J connectivity index is 3.28. The molecule has 0 aliphatic carbocycles. The van der Waals surface area contributed by atoms with Gasteiger partial charge in [0.1, 0.15) is 5.56 Å². The third-order valence-corrected chi connectivity index (χ3v) is 2.39. The smallest absolute Gasteiger partial charge is 0.258 e. The molecule has 0 radical (unpaired) electrons. The minimum Gasteiger partial charge on any atom is -0.342 e. The topological polar surface area (TPSA) is 46.2 Å². The Bertz CT molecular complexity index is 530. The number of Topliss-reactive ketones (excluding diaryl/α,β-unsaturated/α-hetero) is 1. The van der Waals surface area contributed by atoms with E-state index >= 15 is 0 Å². The molecule has 1 aromatic rings. The molecule has 0 bridgehead atoms. The summed E-state index contributed by atoms with van der Waals surface area (Å²) in [4.78, 5) is 22.3. The predicted octanol–water partition coefficient (Wildman–Crippen LogP) is 2.09. The molecule has 0 heterocycles. The van der Waals surface area contributed by atoms with Crippen molar-refractivity contribution in [3.63, 3.8) is 0 Å². The lowest BCUT2D eigenvalue weighted by Gasteiger charge is -2.12. The molecule has 1 amide bonds. The molecule has 1 N–H and O–H groups in total. The number of rotatable bonds is 3. The number of benzene rings is 1. The van der Waals surface area contributed by atoms with E-state index in [0.29, 0.717) is 0 Å². The Morgan fingerprint density at radius 2 is 1.26 bits per heavy atom. The van der Waals surface area contributed by atoms with Crippen LogP contribution in [0.25, 0.3) is 0 Å². The van der Waals surface area contributed by atoms with Crippen molar-refractivity contribution in [1.29, 1.82) is 0 Å². The average Bonchev–Trinajstić information content (AvgIpc) is 2.34. The number of halogens is 5. The van der Waals surface area contributed by atoms with Crippen molar-refractivity contribution in [2.75, 3.05) is 0 Å². The zero-order chi connectivity index (χ0) is 14.9. The van der Waals surface area contributed by atoms with Crippen molar-refractivity contribution >= 4 is 11.7 Å². The Kier molecular flexibility index (Phi) is 4.23. The number of carbonyl (C=O) groups is 2. The van der Waals surface area contributed by atoms with E-state index in [-0.39, 0.29) is 0 Å². The number of hydrogen-bond acceptors (Lipinski definition) is 2. The number of hydrogen-bond donors (Lipinski definition) is 1. The highest BCUT2D eigenvalue weighted by molar-refractivity contribution is 5.97. The Morgan fingerprint density at radius 3 is 1.63 bits per heavy atom. The summed E-state index contributed by atoms with van der Waals surface area (Å²) in [5.41, 5.74) is -1.62. The summed E-state index contributed by atoms with van der Waals surface area (Å²) in [6.45, 7) is 2.29. The molecule has 0 fully saturated rings. The first-order valence-electron chi connectivity index (χ1n) is 5.01. The number of ketones is 1. The monoisotopic (exact) mass is 281 g/mol. The molecule has 0 saturated heterocycles. The predicted molar refractivity (Wildman–Crippen MR) is 53.8 cm³/mol. The van der Waals surface area contributed by atoms with Gasteiger partial charge in [0.25, 0.3) is 5.91 Å². The highest BCUT2D eigenvalue weighted by atomic mass is 19.2. The lowest BCUT2D eigenvalue weighted by Crippen LogP contribution is -2.38. The minimum absolute atomic E-state index is 0.544. The molecule has 0 aromatic heterocycles. The molecule has 1 unspecified atom stereocenters. The Hall–Kier alpha value is -1.99. The second kappa shape index (κ2) is 5.33. The van der Waals surface area contributed by atoms with Crippen molar-refractivity contribution in [3.8, 4) is 0 Å². The Labute approximate surface area is 104 Å². The summed E-state index contributed by atoms with van der Waals surface area (Å²) in [7, 11) is 0. The number of carbonyl (C=O) groups excluding carboxylic acids is 2. The summed E-state index contributed by atoms with van der Waals surface area (Å²) in [6.07, 6.45) is 0. The van der Waals surface area contributed by atoms with Gasteiger partial charge in [0.05, 0.1) is 6.04 Å². The maximum Gasteiger partial charge on any atom is 0.258 e. The van der Waals surface area contributed by atoms with Gasteiger partial charge in [0, 0.05) is 0 Å². The quantitative estimate of drug-likeness (QED) is 0.524. The van der Waals surface area contributed by atoms with Crippen LogP contribution in [0.4, 0.5) is 22.0 Å². The molecule has 1 atom stereocenters. The standard InChI is InChI=1S/C11H8F5NO2/c1-3(4(2)18)17-11(19)5-6(12)8(14)10(16)9(15)7(5)13/h3H,1-2H3,(H,17,19). The molecule has 1 aromatic carbocycles. The molecule has 0 aliphatic rings. The second-order valence-electron chi connectivity index (χ2n) is 3.75. The third-order valence-electron chi connectivity index (χ3n) is 2.39. The highest BCUT2D eigenvalue weighted by Gasteiger charge is 2.30. The van der Waals surface area contributed by atoms with Crippen molar-refractivity contribution in [3.05, 3.63) is 34.6 Å². The van der Waals surface area contributed by atoms with E-state index in [1.54, 1.807) is 0 Å². The van der Waals surface area contributed by atoms with Gasteiger partial charge in [0.2, 0.25) is 5.82 Å². The molecule has 3 nitrogen and oxygen atoms in total. The summed E-state index contributed by atoms with van der Waals surface area (Å²) >= 11 is 0. The van der Waals surface area contributed by atoms with Gasteiger partial charge in [-0.3, -0.25) is 9.59 Å². The first-order chi connectivity index (χ1) is 8.68. The van der Waals surface area contributed by atoms with E-state index < -0.39 is 52.4 Å². The van der Waals surface area contributed by atoms with E-state index in [1.807, 2.05) is 5.32 Å². The number of nitrogens with one attached hydrogen (secondary N) is 1. The van der Waals surface area contributed by atoms with Crippen LogP contribution in [0.15, 0.2) is 0 Å². The fourth-order valence-electron chi connectivity index (χ4n) is 1.17. The molecular weight excluding hydrogens is 273 g/mol. The summed E-state index contributed by atoms with van der Waals surface area (Å²) in [6, 6.07) is -1.12. The van der Waals surface area contributed by atoms with Crippen LogP contribution < -0.4 is 5.32 Å². The van der Waals surface area contributed by atoms with Gasteiger partial charge in [0.15, 0.2) is 29.1 Å². The van der Waals surface area contributed by atoms with Gasteiger partial charge in [-0.1, -0.05) is 0 Å². The lowest BCUT2D eigenvalue weighted by molar-refractivity contribution is -0.118. The van der Waals surface area contributed by atoms with Gasteiger partial charge in [-0.05, 0) is 13.8 Å². The van der Waals surface area contributed by atoms with Gasteiger partial charge < -0.3 is 5.32 Å². The fourth-order valence-corrected chi connectivity index (χ4v) is 1.17. The van der Waals surface area contributed by atoms with Crippen molar-refractivity contribution < 1.29 is 31.5 Å². The van der Waals surface area contributed by atoms with E-state index in [1.165, 1.54) is 6.92 Å². The van der Waals surface area contributed by atoms with Crippen LogP contribution in [0.1, 0.15) is 24.2 Å². The summed E-state index contributed by atoms with van der Waals surface area (Å²) in [5.74, 6) is -13.4. The molecule has 1 rings (SSSR count). The molecule has 0 saturated carbocycles. The zero-order valence-corrected chi connectivity index (χ0v) is 9.78. The van der Waals surface area contributed by atoms with Crippen LogP contribution in [0.3, 0.4) is 0 Å². The molecule has 104 valence electrons. The lowest BCUT2D eigenvalue weighted by atomic mass is 10.1. The van der Waals surface area contributed by atoms with E-state index in [0.717, 1.165) is 6.92 Å². The average molecular weight is 281 g/mol. The molecular formula is C11H8F5NO2. The second-order valence-corrected chi connectivity index (χ2v) is 3.75. The molecule has 0 aliphatic heterocycles. The van der Waals surface area contributed by atoms with Crippen LogP contribution in [-0.4, -0.2) is 17.7 Å². The minimum atomic E-state index is -2.36. The van der Waals surface area contributed by atoms with Gasteiger partial charge >= 0.3 is 0 Å². The SMILES string of the molecule is CC(=O)C(C)NC(=O)c1c(F)c(F)c(F)c(F)c1F. The van der Waals surface area contributed by atoms with Crippen molar-refractivity contribution in [1.82, 2.24) is 5.32 Å². The largest absolute Gasteiger partial charge is 0.342 e. The number of amides is 1. The van der Waals surface area contributed by atoms with Crippen molar-refractivity contribution in [2.24, 2.45) is 0 Å². The zero-order valence-electron chi connectivity index (χ0n) is 9.78. The van der Waals surface area contributed by atoms with Gasteiger partial charge in [-0.2, -0.15) is 0 Å². The van der Waals surface area contributed by atoms with Crippen LogP contribution >= 0.6 is 0 Å². The third kappa shape index (κ3) is 2.72. The first kappa shape index (κ1) is 15.1. The summed E-state index contributed by atoms with van der Waals surface area (Å²) in [5, 5.41) is 1.83. The van der Waals surface area contributed by atoms with Crippen LogP contribution in [0.5, 0.6) is 0 Å². The Morgan fingerprint density at radius 1 is 0.895 bits per heavy atom. The molecule has 8 heteroatoms. The van der Waals surface area contributed by atoms with Crippen molar-refractivity contribution in [2.45, 2.75) is 19.9 Å². The molecule has 0 spiro atoms. The highest BCUT2D eigenvalue weighted by Crippen LogP contribution is 2.22. The van der Waals surface area contributed by atoms with Gasteiger partial charge in [-0.15, -0.1) is 0 Å². The first-order valence-corrected chi connectivity index (χ1v) is 5.01. The molecule has 19 heavy (non-hydrogen) atoms. The summed E-state index contributed by atoms with van der Waals surface area (Å²) < 4.78 is 64.9. The van der Waals surface area contributed by atoms with E-state index in [9.17, 15) is 31.5 Å². The maximum atomic E-state index is 13.2. The van der Waals surface area contributed by atoms with E-state index in [4.69, 9.17) is 0 Å². The maximum absolute atomic E-state index is 13.2. The van der Waals surface area contributed by atoms with E-state index in [2.05, 4.69) is 0 Å². The van der Waals surface area contributed by atoms with Crippen LogP contribution in [-0.2, 0) is 4.79 Å². The van der Waals surface area contributed by atoms with Crippen LogP contribution in [0.2, 0.25) is 0 Å².